The van der Waals surface area contributed by atoms with Crippen molar-refractivity contribution in [3.63, 3.8) is 0 Å². The van der Waals surface area contributed by atoms with Crippen LogP contribution in [0.15, 0.2) is 39.3 Å². The summed E-state index contributed by atoms with van der Waals surface area (Å²) < 4.78 is 1.30. The molecule has 1 N–H and O–H groups in total. The summed E-state index contributed by atoms with van der Waals surface area (Å²) in [5.74, 6) is -0.0982. The second-order valence-corrected chi connectivity index (χ2v) is 5.85. The van der Waals surface area contributed by atoms with Crippen LogP contribution in [0.1, 0.15) is 16.1 Å². The maximum Gasteiger partial charge on any atom is 0.270 e. The summed E-state index contributed by atoms with van der Waals surface area (Å²) in [4.78, 5) is 26.6. The number of halogens is 2. The number of carbonyl (C=O) groups excluding carboxylic acids is 1. The van der Waals surface area contributed by atoms with Gasteiger partial charge in [-0.3, -0.25) is 14.9 Å². The van der Waals surface area contributed by atoms with Crippen LogP contribution < -0.4 is 5.32 Å². The maximum absolute atomic E-state index is 12.2. The number of nitro benzene ring substituents is 1. The summed E-state index contributed by atoms with van der Waals surface area (Å²) in [6, 6.07) is 7.40. The second kappa shape index (κ2) is 6.31. The van der Waals surface area contributed by atoms with E-state index in [0.717, 1.165) is 10.2 Å². The number of pyridine rings is 1. The normalized spacial score (nSPS) is 10.2. The number of hydrogen-bond donors (Lipinski definition) is 1. The van der Waals surface area contributed by atoms with Crippen LogP contribution in [0, 0.1) is 17.0 Å². The van der Waals surface area contributed by atoms with Crippen molar-refractivity contribution in [2.75, 3.05) is 5.32 Å². The molecule has 8 heteroatoms. The lowest BCUT2D eigenvalue weighted by atomic mass is 10.2. The van der Waals surface area contributed by atoms with Crippen molar-refractivity contribution >= 4 is 49.3 Å². The van der Waals surface area contributed by atoms with Gasteiger partial charge < -0.3 is 5.32 Å². The third-order valence-electron chi connectivity index (χ3n) is 2.67. The van der Waals surface area contributed by atoms with E-state index < -0.39 is 10.8 Å². The largest absolute Gasteiger partial charge is 0.307 e. The van der Waals surface area contributed by atoms with E-state index in [2.05, 4.69) is 42.2 Å². The lowest BCUT2D eigenvalue weighted by molar-refractivity contribution is -0.384. The molecule has 2 rings (SSSR count). The molecular weight excluding hydrogens is 406 g/mol. The smallest absolute Gasteiger partial charge is 0.270 e. The number of anilines is 1. The van der Waals surface area contributed by atoms with Gasteiger partial charge in [0.2, 0.25) is 0 Å². The number of hydrogen-bond acceptors (Lipinski definition) is 4. The minimum atomic E-state index is -0.550. The van der Waals surface area contributed by atoms with E-state index in [1.54, 1.807) is 19.1 Å². The summed E-state index contributed by atoms with van der Waals surface area (Å²) in [5, 5.41) is 13.4. The van der Waals surface area contributed by atoms with Crippen molar-refractivity contribution in [2.45, 2.75) is 6.92 Å². The Labute approximate surface area is 137 Å². The Morgan fingerprint density at radius 1 is 1.24 bits per heavy atom. The molecule has 0 saturated carbocycles. The van der Waals surface area contributed by atoms with Gasteiger partial charge in [-0.25, -0.2) is 4.98 Å². The Hall–Kier alpha value is -1.80. The summed E-state index contributed by atoms with van der Waals surface area (Å²) in [5.41, 5.74) is 0.751. The fraction of sp³-hybridized carbons (Fsp3) is 0.0769. The highest BCUT2D eigenvalue weighted by Crippen LogP contribution is 2.24. The van der Waals surface area contributed by atoms with Crippen LogP contribution >= 0.6 is 31.9 Å². The molecule has 0 radical (unpaired) electrons. The van der Waals surface area contributed by atoms with E-state index in [0.29, 0.717) is 10.3 Å². The molecule has 21 heavy (non-hydrogen) atoms. The van der Waals surface area contributed by atoms with Gasteiger partial charge in [0.1, 0.15) is 5.82 Å². The van der Waals surface area contributed by atoms with Crippen molar-refractivity contribution in [3.05, 3.63) is 60.6 Å². The monoisotopic (exact) mass is 413 g/mol. The van der Waals surface area contributed by atoms with Gasteiger partial charge in [0.15, 0.2) is 0 Å². The molecule has 0 aliphatic rings. The number of nitro groups is 1. The van der Waals surface area contributed by atoms with Gasteiger partial charge in [-0.15, -0.1) is 0 Å². The third kappa shape index (κ3) is 3.64. The fourth-order valence-electron chi connectivity index (χ4n) is 1.60. The number of rotatable bonds is 3. The van der Waals surface area contributed by atoms with Crippen LogP contribution in [0.2, 0.25) is 0 Å². The zero-order valence-electron chi connectivity index (χ0n) is 10.8. The van der Waals surface area contributed by atoms with Crippen molar-refractivity contribution < 1.29 is 9.72 Å². The molecule has 1 heterocycles. The molecule has 0 bridgehead atoms. The average Bonchev–Trinajstić information content (AvgIpc) is 2.43. The lowest BCUT2D eigenvalue weighted by Gasteiger charge is -2.07. The van der Waals surface area contributed by atoms with Crippen molar-refractivity contribution in [2.24, 2.45) is 0 Å². The molecule has 0 atom stereocenters. The summed E-state index contributed by atoms with van der Waals surface area (Å²) in [6.07, 6.45) is 0. The number of amides is 1. The van der Waals surface area contributed by atoms with E-state index in [4.69, 9.17) is 0 Å². The van der Waals surface area contributed by atoms with E-state index >= 15 is 0 Å². The predicted octanol–water partition coefficient (Wildman–Crippen LogP) is 4.08. The summed E-state index contributed by atoms with van der Waals surface area (Å²) in [6.45, 7) is 1.79. The van der Waals surface area contributed by atoms with Gasteiger partial charge >= 0.3 is 0 Å². The summed E-state index contributed by atoms with van der Waals surface area (Å²) in [7, 11) is 0. The number of benzene rings is 1. The van der Waals surface area contributed by atoms with Gasteiger partial charge in [-0.2, -0.15) is 0 Å². The molecule has 2 aromatic rings. The van der Waals surface area contributed by atoms with Crippen molar-refractivity contribution in [1.29, 1.82) is 0 Å². The fourth-order valence-corrected chi connectivity index (χ4v) is 2.25. The van der Waals surface area contributed by atoms with Crippen LogP contribution in [0.4, 0.5) is 11.5 Å². The Morgan fingerprint density at radius 3 is 2.52 bits per heavy atom. The van der Waals surface area contributed by atoms with Crippen LogP contribution in [0.3, 0.4) is 0 Å². The molecule has 0 aliphatic heterocycles. The van der Waals surface area contributed by atoms with Crippen LogP contribution in [-0.2, 0) is 0 Å². The minimum Gasteiger partial charge on any atom is -0.307 e. The zero-order chi connectivity index (χ0) is 15.6. The molecule has 0 fully saturated rings. The molecule has 0 saturated heterocycles. The van der Waals surface area contributed by atoms with Gasteiger partial charge in [0.05, 0.1) is 16.2 Å². The molecule has 1 aromatic carbocycles. The van der Waals surface area contributed by atoms with Crippen LogP contribution in [-0.4, -0.2) is 15.8 Å². The second-order valence-electron chi connectivity index (χ2n) is 4.14. The Morgan fingerprint density at radius 2 is 1.90 bits per heavy atom. The number of aromatic nitrogens is 1. The Bertz CT molecular complexity index is 735. The summed E-state index contributed by atoms with van der Waals surface area (Å²) >= 11 is 6.53. The number of nitrogens with zero attached hydrogens (tertiary/aromatic N) is 2. The molecule has 1 aromatic heterocycles. The predicted molar refractivity (Wildman–Crippen MR) is 85.4 cm³/mol. The molecular formula is C13H9Br2N3O3. The van der Waals surface area contributed by atoms with E-state index in [1.165, 1.54) is 18.2 Å². The topological polar surface area (TPSA) is 85.1 Å². The molecule has 6 nitrogen and oxygen atoms in total. The number of nitrogens with one attached hydrogen (secondary N) is 1. The highest BCUT2D eigenvalue weighted by molar-refractivity contribution is 9.10. The van der Waals surface area contributed by atoms with E-state index in [9.17, 15) is 14.9 Å². The standard InChI is InChI=1S/C13H9Br2N3O3/c1-7-10(14)4-5-12(16-7)17-13(19)9-6-8(18(20)21)2-3-11(9)15/h2-6H,1H3,(H,16,17,19). The number of carbonyl (C=O) groups is 1. The maximum atomic E-state index is 12.2. The zero-order valence-corrected chi connectivity index (χ0v) is 13.9. The first kappa shape index (κ1) is 15.6. The molecule has 0 aliphatic carbocycles. The van der Waals surface area contributed by atoms with E-state index in [-0.39, 0.29) is 11.3 Å². The van der Waals surface area contributed by atoms with Gasteiger partial charge in [-0.1, -0.05) is 0 Å². The molecule has 0 spiro atoms. The van der Waals surface area contributed by atoms with Crippen molar-refractivity contribution in [3.8, 4) is 0 Å². The van der Waals surface area contributed by atoms with Gasteiger partial charge in [-0.05, 0) is 57.0 Å². The van der Waals surface area contributed by atoms with E-state index in [1.807, 2.05) is 0 Å². The highest BCUT2D eigenvalue weighted by Gasteiger charge is 2.16. The Balaban J connectivity index is 2.29. The quantitative estimate of drug-likeness (QED) is 0.605. The first-order valence-electron chi connectivity index (χ1n) is 5.77. The lowest BCUT2D eigenvalue weighted by Crippen LogP contribution is -2.14. The van der Waals surface area contributed by atoms with Crippen LogP contribution in [0.25, 0.3) is 0 Å². The van der Waals surface area contributed by atoms with Crippen LogP contribution in [0.5, 0.6) is 0 Å². The van der Waals surface area contributed by atoms with Crippen molar-refractivity contribution in [1.82, 2.24) is 4.98 Å². The third-order valence-corrected chi connectivity index (χ3v) is 4.20. The van der Waals surface area contributed by atoms with Gasteiger partial charge in [0, 0.05) is 21.1 Å². The molecule has 108 valence electrons. The molecule has 0 unspecified atom stereocenters. The van der Waals surface area contributed by atoms with Gasteiger partial charge in [0.25, 0.3) is 11.6 Å². The first-order chi connectivity index (χ1) is 9.88. The SMILES string of the molecule is Cc1nc(NC(=O)c2cc([N+](=O)[O-])ccc2Br)ccc1Br. The number of non-ortho nitro benzene ring substituents is 1. The molecule has 1 amide bonds. The first-order valence-corrected chi connectivity index (χ1v) is 7.35. The highest BCUT2D eigenvalue weighted by atomic mass is 79.9. The average molecular weight is 415 g/mol. The minimum absolute atomic E-state index is 0.150. The number of aryl methyl sites for hydroxylation is 1. The Kier molecular flexibility index (Phi) is 4.69.